The van der Waals surface area contributed by atoms with Crippen molar-refractivity contribution >= 4 is 52.2 Å². The molecule has 0 aliphatic carbocycles. The molecule has 0 aliphatic rings. The molecule has 0 aromatic carbocycles. The number of carbonyl (C=O) groups excluding carboxylic acids is 2. The fourth-order valence-electron chi connectivity index (χ4n) is 0. The van der Waals surface area contributed by atoms with E-state index in [1.807, 2.05) is 0 Å². The van der Waals surface area contributed by atoms with E-state index in [-0.39, 0.29) is 60.5 Å². The van der Waals surface area contributed by atoms with Gasteiger partial charge in [0.25, 0.3) is 0 Å². The molecule has 9 heteroatoms. The number of alkyl halides is 1. The summed E-state index contributed by atoms with van der Waals surface area (Å²) in [6, 6.07) is 0. The summed E-state index contributed by atoms with van der Waals surface area (Å²) in [5.74, 6) is -0.0957. The van der Waals surface area contributed by atoms with Crippen LogP contribution in [0.1, 0.15) is 0 Å². The van der Waals surface area contributed by atoms with Crippen molar-refractivity contribution in [3.05, 3.63) is 0 Å². The molecule has 0 heterocycles. The van der Waals surface area contributed by atoms with Gasteiger partial charge in [-0.2, -0.15) is 0 Å². The minimum Gasteiger partial charge on any atom is -1.00 e. The third kappa shape index (κ3) is 73.5. The Bertz CT molecular complexity index is 116. The van der Waals surface area contributed by atoms with Crippen molar-refractivity contribution in [3.8, 4) is 0 Å². The van der Waals surface area contributed by atoms with Gasteiger partial charge in [0, 0.05) is 14.1 Å². The van der Waals surface area contributed by atoms with Crippen LogP contribution in [0.2, 0.25) is 0 Å². The summed E-state index contributed by atoms with van der Waals surface area (Å²) in [7, 11) is 3.38. The van der Waals surface area contributed by atoms with Gasteiger partial charge >= 0.3 is 17.4 Å². The zero-order valence-electron chi connectivity index (χ0n) is 7.52. The second-order valence-electron chi connectivity index (χ2n) is 1.56. The van der Waals surface area contributed by atoms with Gasteiger partial charge < -0.3 is 42.1 Å². The molecule has 0 aromatic rings. The normalized spacial score (nSPS) is 5.14. The second-order valence-corrected chi connectivity index (χ2v) is 2.25. The fourth-order valence-corrected chi connectivity index (χ4v) is 0. The molecule has 84 valence electrons. The Morgan fingerprint density at radius 3 is 1.43 bits per heavy atom. The first-order valence-electron chi connectivity index (χ1n) is 2.40. The van der Waals surface area contributed by atoms with Gasteiger partial charge in [-0.15, -0.1) is 11.6 Å². The van der Waals surface area contributed by atoms with Gasteiger partial charge in [0.15, 0.2) is 0 Å². The van der Waals surface area contributed by atoms with Crippen molar-refractivity contribution in [1.82, 2.24) is 4.90 Å². The quantitative estimate of drug-likeness (QED) is 0.219. The van der Waals surface area contributed by atoms with Crippen molar-refractivity contribution in [1.29, 1.82) is 0 Å². The summed E-state index contributed by atoms with van der Waals surface area (Å²) in [5, 5.41) is -0.508. The number of hydrogen-bond donors (Lipinski definition) is 0. The minimum atomic E-state index is -0.508. The van der Waals surface area contributed by atoms with Crippen LogP contribution in [0.5, 0.6) is 0 Å². The maximum Gasteiger partial charge on any atom is 3.00 e. The Hall–Kier alpha value is 1.12. The van der Waals surface area contributed by atoms with Crippen LogP contribution in [0.15, 0.2) is 0 Å². The maximum absolute atomic E-state index is 9.45. The molecular formula is C5H9AlCl5NO2. The first-order chi connectivity index (χ1) is 4.54. The fraction of sp³-hybridized carbons (Fsp3) is 0.600. The summed E-state index contributed by atoms with van der Waals surface area (Å²) in [6.07, 6.45) is 0.750. The molecule has 0 atom stereocenters. The minimum absolute atomic E-state index is 0. The summed E-state index contributed by atoms with van der Waals surface area (Å²) in [5.41, 5.74) is 0. The van der Waals surface area contributed by atoms with Crippen LogP contribution in [-0.2, 0) is 9.59 Å². The van der Waals surface area contributed by atoms with E-state index in [9.17, 15) is 9.59 Å². The Kier molecular flexibility index (Phi) is 75.6. The van der Waals surface area contributed by atoms with Crippen LogP contribution in [0.4, 0.5) is 0 Å². The molecule has 0 saturated heterocycles. The van der Waals surface area contributed by atoms with Crippen LogP contribution in [0, 0.1) is 0 Å². The largest absolute Gasteiger partial charge is 3.00 e. The molecule has 14 heavy (non-hydrogen) atoms. The average molecular weight is 319 g/mol. The number of nitrogens with zero attached hydrogens (tertiary/aromatic N) is 1. The smallest absolute Gasteiger partial charge is 1.00 e. The van der Waals surface area contributed by atoms with E-state index < -0.39 is 5.24 Å². The Labute approximate surface area is 123 Å². The third-order valence-electron chi connectivity index (χ3n) is 0.316. The van der Waals surface area contributed by atoms with Crippen LogP contribution >= 0.6 is 23.2 Å². The summed E-state index contributed by atoms with van der Waals surface area (Å²) >= 11 is 9.55. The van der Waals surface area contributed by atoms with Crippen LogP contribution in [-0.4, -0.2) is 53.9 Å². The van der Waals surface area contributed by atoms with Crippen molar-refractivity contribution in [2.75, 3.05) is 20.0 Å². The van der Waals surface area contributed by atoms with Crippen molar-refractivity contribution in [3.63, 3.8) is 0 Å². The monoisotopic (exact) mass is 317 g/mol. The van der Waals surface area contributed by atoms with Gasteiger partial charge in [-0.3, -0.25) is 9.59 Å². The first kappa shape index (κ1) is 36.2. The van der Waals surface area contributed by atoms with Gasteiger partial charge in [-0.25, -0.2) is 0 Å². The van der Waals surface area contributed by atoms with E-state index in [0.29, 0.717) is 0 Å². The van der Waals surface area contributed by atoms with E-state index in [0.717, 1.165) is 6.41 Å². The van der Waals surface area contributed by atoms with Gasteiger partial charge in [0.1, 0.15) is 0 Å². The molecule has 0 aliphatic heterocycles. The van der Waals surface area contributed by atoms with Crippen LogP contribution in [0.3, 0.4) is 0 Å². The zero-order chi connectivity index (χ0) is 8.57. The molecule has 0 saturated carbocycles. The van der Waals surface area contributed by atoms with Crippen LogP contribution < -0.4 is 37.2 Å². The number of amides is 1. The number of halogens is 5. The molecule has 1 amide bonds. The van der Waals surface area contributed by atoms with Gasteiger partial charge in [0.2, 0.25) is 11.7 Å². The molecule has 0 unspecified atom stereocenters. The van der Waals surface area contributed by atoms with Gasteiger partial charge in [-0.1, -0.05) is 0 Å². The molecule has 0 N–H and O–H groups in total. The topological polar surface area (TPSA) is 37.4 Å². The Balaban J connectivity index is -0.0000000178. The second kappa shape index (κ2) is 29.2. The number of carbonyl (C=O) groups is 2. The first-order valence-corrected chi connectivity index (χ1v) is 3.31. The third-order valence-corrected chi connectivity index (χ3v) is 0.829. The molecule has 0 spiro atoms. The van der Waals surface area contributed by atoms with Gasteiger partial charge in [-0.05, 0) is 11.6 Å². The van der Waals surface area contributed by atoms with E-state index in [4.69, 9.17) is 23.2 Å². The molecule has 3 nitrogen and oxygen atoms in total. The molecular weight excluding hydrogens is 310 g/mol. The Morgan fingerprint density at radius 2 is 1.43 bits per heavy atom. The molecule has 0 rings (SSSR count). The predicted molar refractivity (Wildman–Crippen MR) is 47.1 cm³/mol. The zero-order valence-corrected chi connectivity index (χ0v) is 12.4. The number of rotatable bonds is 2. The van der Waals surface area contributed by atoms with Crippen LogP contribution in [0.25, 0.3) is 0 Å². The molecule has 0 aromatic heterocycles. The summed E-state index contributed by atoms with van der Waals surface area (Å²) in [4.78, 5) is 20.3. The van der Waals surface area contributed by atoms with Gasteiger partial charge in [0.05, 0.1) is 5.88 Å². The van der Waals surface area contributed by atoms with E-state index in [2.05, 4.69) is 0 Å². The van der Waals surface area contributed by atoms with E-state index in [1.165, 1.54) is 4.90 Å². The van der Waals surface area contributed by atoms with Crippen molar-refractivity contribution in [2.45, 2.75) is 0 Å². The van der Waals surface area contributed by atoms with Crippen molar-refractivity contribution < 1.29 is 46.8 Å². The average Bonchev–Trinajstić information content (AvgIpc) is 1.89. The van der Waals surface area contributed by atoms with E-state index in [1.54, 1.807) is 14.1 Å². The Morgan fingerprint density at radius 1 is 1.29 bits per heavy atom. The van der Waals surface area contributed by atoms with Crippen molar-refractivity contribution in [2.24, 2.45) is 0 Å². The predicted octanol–water partition coefficient (Wildman–Crippen LogP) is -8.67. The molecule has 0 radical (unpaired) electrons. The summed E-state index contributed by atoms with van der Waals surface area (Å²) < 4.78 is 0. The SMILES string of the molecule is CN(C)C=O.O=C(Cl)CCl.[Al+3].[Cl-].[Cl-].[Cl-]. The number of hydrogen-bond acceptors (Lipinski definition) is 2. The standard InChI is InChI=1S/C3H7NO.C2H2Cl2O.Al.3ClH/c1-4(2)3-5;3-1-2(4)5;;;;/h3H,1-2H3;1H2;;3*1H/q;;+3;;;/p-3. The molecule has 0 bridgehead atoms. The molecule has 0 fully saturated rings. The summed E-state index contributed by atoms with van der Waals surface area (Å²) in [6.45, 7) is 0. The van der Waals surface area contributed by atoms with E-state index >= 15 is 0 Å². The maximum atomic E-state index is 9.45.